The van der Waals surface area contributed by atoms with Crippen LogP contribution in [0.5, 0.6) is 0 Å². The number of aromatic nitrogens is 3. The number of hydrogen-bond acceptors (Lipinski definition) is 6. The van der Waals surface area contributed by atoms with Crippen molar-refractivity contribution in [3.63, 3.8) is 0 Å². The van der Waals surface area contributed by atoms with Crippen molar-refractivity contribution < 1.29 is 19.7 Å². The molecule has 0 aromatic carbocycles. The Hall–Kier alpha value is -2.23. The molecule has 0 unspecified atom stereocenters. The van der Waals surface area contributed by atoms with Gasteiger partial charge in [-0.05, 0) is 12.5 Å². The molecule has 1 saturated heterocycles. The molecule has 9 nitrogen and oxygen atoms in total. The lowest BCUT2D eigenvalue weighted by atomic mass is 10.2. The normalized spacial score (nSPS) is 23.5. The summed E-state index contributed by atoms with van der Waals surface area (Å²) in [6, 6.07) is 0. The largest absolute Gasteiger partial charge is 0.394 e. The average Bonchev–Trinajstić information content (AvgIpc) is 3.07. The fourth-order valence-corrected chi connectivity index (χ4v) is 2.93. The minimum absolute atomic E-state index is 0.0628. The lowest BCUT2D eigenvalue weighted by Gasteiger charge is -2.14. The van der Waals surface area contributed by atoms with Crippen LogP contribution in [0.25, 0.3) is 11.0 Å². The number of hydrogen-bond donors (Lipinski definition) is 4. The lowest BCUT2D eigenvalue weighted by molar-refractivity contribution is -0.118. The van der Waals surface area contributed by atoms with E-state index in [9.17, 15) is 19.8 Å². The summed E-state index contributed by atoms with van der Waals surface area (Å²) in [7, 11) is 0. The van der Waals surface area contributed by atoms with Crippen molar-refractivity contribution in [3.8, 4) is 0 Å². The van der Waals surface area contributed by atoms with E-state index in [1.165, 1.54) is 0 Å². The van der Waals surface area contributed by atoms with Gasteiger partial charge < -0.3 is 19.5 Å². The van der Waals surface area contributed by atoms with Crippen molar-refractivity contribution in [1.29, 1.82) is 0 Å². The first kappa shape index (κ1) is 17.6. The van der Waals surface area contributed by atoms with E-state index >= 15 is 0 Å². The number of rotatable bonds is 4. The first-order valence-electron chi connectivity index (χ1n) is 8.18. The molecule has 136 valence electrons. The summed E-state index contributed by atoms with van der Waals surface area (Å²) in [5.74, 6) is -0.453. The summed E-state index contributed by atoms with van der Waals surface area (Å²) >= 11 is 0. The number of anilines is 1. The van der Waals surface area contributed by atoms with E-state index in [4.69, 9.17) is 4.74 Å². The number of nitrogens with one attached hydrogen (secondary N) is 2. The van der Waals surface area contributed by atoms with E-state index < -0.39 is 18.4 Å². The number of ether oxygens (including phenoxy) is 1. The first-order chi connectivity index (χ1) is 11.8. The molecule has 25 heavy (non-hydrogen) atoms. The van der Waals surface area contributed by atoms with Gasteiger partial charge in [-0.1, -0.05) is 13.8 Å². The Balaban J connectivity index is 2.04. The van der Waals surface area contributed by atoms with Crippen molar-refractivity contribution in [2.24, 2.45) is 5.92 Å². The fraction of sp³-hybridized carbons (Fsp3) is 0.562. The monoisotopic (exact) mass is 350 g/mol. The third kappa shape index (κ3) is 3.17. The molecule has 3 rings (SSSR count). The van der Waals surface area contributed by atoms with Gasteiger partial charge in [0.05, 0.1) is 18.1 Å². The molecule has 3 heterocycles. The SMILES string of the molecule is Cc1cn([C@H]2C[C@H](O)[C@@H](CO)O2)c2nc(NC(=O)C(C)C)[nH]c(=O)c12. The first-order valence-corrected chi connectivity index (χ1v) is 8.18. The molecule has 9 heteroatoms. The number of carbonyl (C=O) groups excluding carboxylic acids is 1. The number of amides is 1. The molecule has 4 N–H and O–H groups in total. The van der Waals surface area contributed by atoms with Crippen LogP contribution in [0, 0.1) is 12.8 Å². The van der Waals surface area contributed by atoms with Crippen molar-refractivity contribution in [2.45, 2.75) is 45.6 Å². The van der Waals surface area contributed by atoms with Crippen molar-refractivity contribution in [3.05, 3.63) is 22.1 Å². The van der Waals surface area contributed by atoms with Crippen LogP contribution in [0.15, 0.2) is 11.0 Å². The molecule has 1 aliphatic rings. The maximum absolute atomic E-state index is 12.4. The molecule has 1 fully saturated rings. The number of fused-ring (bicyclic) bond motifs is 1. The van der Waals surface area contributed by atoms with E-state index in [1.807, 2.05) is 0 Å². The van der Waals surface area contributed by atoms with E-state index in [0.29, 0.717) is 16.6 Å². The number of aryl methyl sites for hydroxylation is 1. The highest BCUT2D eigenvalue weighted by Crippen LogP contribution is 2.32. The summed E-state index contributed by atoms with van der Waals surface area (Å²) < 4.78 is 7.31. The molecular formula is C16H22N4O5. The smallest absolute Gasteiger partial charge is 0.262 e. The van der Waals surface area contributed by atoms with Gasteiger partial charge in [0.2, 0.25) is 11.9 Å². The highest BCUT2D eigenvalue weighted by Gasteiger charge is 2.35. The molecule has 3 atom stereocenters. The summed E-state index contributed by atoms with van der Waals surface area (Å²) in [6.07, 6.45) is -0.0274. The Morgan fingerprint density at radius 3 is 2.88 bits per heavy atom. The van der Waals surface area contributed by atoms with Crippen LogP contribution < -0.4 is 10.9 Å². The molecule has 0 radical (unpaired) electrons. The summed E-state index contributed by atoms with van der Waals surface area (Å²) in [4.78, 5) is 31.2. The van der Waals surface area contributed by atoms with Crippen molar-refractivity contribution in [1.82, 2.24) is 14.5 Å². The van der Waals surface area contributed by atoms with Gasteiger partial charge in [-0.15, -0.1) is 0 Å². The summed E-state index contributed by atoms with van der Waals surface area (Å²) in [5, 5.41) is 22.2. The molecule has 2 aromatic rings. The number of nitrogens with zero attached hydrogens (tertiary/aromatic N) is 2. The summed E-state index contributed by atoms with van der Waals surface area (Å²) in [5.41, 5.74) is 0.699. The second kappa shape index (κ2) is 6.58. The van der Waals surface area contributed by atoms with E-state index in [0.717, 1.165) is 0 Å². The topological polar surface area (TPSA) is 129 Å². The minimum Gasteiger partial charge on any atom is -0.394 e. The van der Waals surface area contributed by atoms with Gasteiger partial charge in [0, 0.05) is 18.5 Å². The maximum Gasteiger partial charge on any atom is 0.262 e. The number of aromatic amines is 1. The molecule has 2 aromatic heterocycles. The zero-order valence-corrected chi connectivity index (χ0v) is 14.3. The highest BCUT2D eigenvalue weighted by atomic mass is 16.5. The maximum atomic E-state index is 12.4. The third-order valence-electron chi connectivity index (χ3n) is 4.33. The predicted octanol–water partition coefficient (Wildman–Crippen LogP) is 0.268. The van der Waals surface area contributed by atoms with Gasteiger partial charge in [-0.25, -0.2) is 0 Å². The molecule has 0 saturated carbocycles. The number of aliphatic hydroxyl groups excluding tert-OH is 2. The van der Waals surface area contributed by atoms with Gasteiger partial charge >= 0.3 is 0 Å². The van der Waals surface area contributed by atoms with Gasteiger partial charge in [0.15, 0.2) is 5.65 Å². The van der Waals surface area contributed by atoms with Gasteiger partial charge in [0.1, 0.15) is 12.3 Å². The number of H-pyrrole nitrogens is 1. The molecule has 0 aliphatic carbocycles. The van der Waals surface area contributed by atoms with Gasteiger partial charge in [-0.3, -0.25) is 19.9 Å². The van der Waals surface area contributed by atoms with Crippen LogP contribution >= 0.6 is 0 Å². The molecule has 1 aliphatic heterocycles. The Bertz CT molecular complexity index is 856. The van der Waals surface area contributed by atoms with Crippen molar-refractivity contribution >= 4 is 22.9 Å². The van der Waals surface area contributed by atoms with Crippen LogP contribution in [-0.4, -0.2) is 49.5 Å². The molecular weight excluding hydrogens is 328 g/mol. The third-order valence-corrected chi connectivity index (χ3v) is 4.33. The van der Waals surface area contributed by atoms with E-state index in [-0.39, 0.29) is 36.4 Å². The van der Waals surface area contributed by atoms with E-state index in [1.54, 1.807) is 31.5 Å². The van der Waals surface area contributed by atoms with Crippen LogP contribution in [0.3, 0.4) is 0 Å². The second-order valence-electron chi connectivity index (χ2n) is 6.59. The Kier molecular flexibility index (Phi) is 4.63. The van der Waals surface area contributed by atoms with E-state index in [2.05, 4.69) is 15.3 Å². The highest BCUT2D eigenvalue weighted by molar-refractivity contribution is 5.91. The number of carbonyl (C=O) groups is 1. The van der Waals surface area contributed by atoms with Crippen LogP contribution in [0.1, 0.15) is 32.1 Å². The standard InChI is InChI=1S/C16H22N4O5/c1-7(2)14(23)18-16-17-13-12(15(24)19-16)8(3)5-20(13)11-4-9(22)10(6-21)25-11/h5,7,9-11,21-22H,4,6H2,1-3H3,(H2,17,18,19,23,24)/t9-,10+,11+/m0/s1. The molecule has 1 amide bonds. The Morgan fingerprint density at radius 1 is 1.56 bits per heavy atom. The Labute approximate surface area is 143 Å². The average molecular weight is 350 g/mol. The summed E-state index contributed by atoms with van der Waals surface area (Å²) in [6.45, 7) is 4.96. The quantitative estimate of drug-likeness (QED) is 0.626. The van der Waals surface area contributed by atoms with Crippen LogP contribution in [-0.2, 0) is 9.53 Å². The van der Waals surface area contributed by atoms with Gasteiger partial charge in [0.25, 0.3) is 5.56 Å². The lowest BCUT2D eigenvalue weighted by Crippen LogP contribution is -2.24. The zero-order valence-electron chi connectivity index (χ0n) is 14.3. The molecule has 0 bridgehead atoms. The fourth-order valence-electron chi connectivity index (χ4n) is 2.93. The minimum atomic E-state index is -0.796. The van der Waals surface area contributed by atoms with Crippen LogP contribution in [0.2, 0.25) is 0 Å². The molecule has 0 spiro atoms. The van der Waals surface area contributed by atoms with Crippen LogP contribution in [0.4, 0.5) is 5.95 Å². The van der Waals surface area contributed by atoms with Crippen molar-refractivity contribution in [2.75, 3.05) is 11.9 Å². The predicted molar refractivity (Wildman–Crippen MR) is 90.2 cm³/mol. The van der Waals surface area contributed by atoms with Gasteiger partial charge in [-0.2, -0.15) is 4.98 Å². The Morgan fingerprint density at radius 2 is 2.28 bits per heavy atom. The second-order valence-corrected chi connectivity index (χ2v) is 6.59. The zero-order chi connectivity index (χ0) is 18.3. The number of aliphatic hydroxyl groups is 2.